The molecular formula is C16H21NO2. The number of carbonyl (C=O) groups excluding carboxylic acids is 1. The van der Waals surface area contributed by atoms with Crippen LogP contribution in [0, 0.1) is 11.8 Å². The third-order valence-corrected chi connectivity index (χ3v) is 4.63. The topological polar surface area (TPSA) is 40.5 Å². The molecule has 1 heterocycles. The molecule has 1 fully saturated rings. The number of hydrogen-bond donors (Lipinski definition) is 1. The average molecular weight is 259 g/mol. The molecule has 3 heteroatoms. The van der Waals surface area contributed by atoms with Crippen LogP contribution >= 0.6 is 0 Å². The van der Waals surface area contributed by atoms with Crippen molar-refractivity contribution in [3.8, 4) is 0 Å². The maximum absolute atomic E-state index is 12.5. The van der Waals surface area contributed by atoms with Gasteiger partial charge in [0, 0.05) is 19.0 Å². The summed E-state index contributed by atoms with van der Waals surface area (Å²) >= 11 is 0. The Labute approximate surface area is 114 Å². The molecule has 2 aliphatic rings. The standard InChI is InChI=1S/C16H21NO2/c1-11-6-7-17(10-15(11)18)16(19)14-8-12-4-2-3-5-13(12)9-14/h2-5,11,14-15,18H,6-10H2,1H3. The zero-order valence-electron chi connectivity index (χ0n) is 11.4. The van der Waals surface area contributed by atoms with Crippen molar-refractivity contribution in [2.24, 2.45) is 11.8 Å². The molecule has 0 bridgehead atoms. The van der Waals surface area contributed by atoms with Gasteiger partial charge in [0.1, 0.15) is 0 Å². The number of amides is 1. The van der Waals surface area contributed by atoms with Crippen molar-refractivity contribution >= 4 is 5.91 Å². The molecular weight excluding hydrogens is 238 g/mol. The van der Waals surface area contributed by atoms with Gasteiger partial charge in [0.05, 0.1) is 6.10 Å². The second-order valence-corrected chi connectivity index (χ2v) is 5.99. The third-order valence-electron chi connectivity index (χ3n) is 4.63. The van der Waals surface area contributed by atoms with E-state index in [1.807, 2.05) is 17.0 Å². The molecule has 19 heavy (non-hydrogen) atoms. The van der Waals surface area contributed by atoms with Crippen LogP contribution in [-0.2, 0) is 17.6 Å². The molecule has 2 unspecified atom stereocenters. The van der Waals surface area contributed by atoms with E-state index in [1.165, 1.54) is 11.1 Å². The van der Waals surface area contributed by atoms with Crippen molar-refractivity contribution in [3.05, 3.63) is 35.4 Å². The molecule has 3 nitrogen and oxygen atoms in total. The summed E-state index contributed by atoms with van der Waals surface area (Å²) in [7, 11) is 0. The zero-order chi connectivity index (χ0) is 13.4. The third kappa shape index (κ3) is 2.39. The fourth-order valence-electron chi connectivity index (χ4n) is 3.24. The van der Waals surface area contributed by atoms with E-state index in [9.17, 15) is 9.90 Å². The molecule has 1 amide bonds. The molecule has 0 radical (unpaired) electrons. The maximum atomic E-state index is 12.5. The van der Waals surface area contributed by atoms with Gasteiger partial charge in [0.15, 0.2) is 0 Å². The van der Waals surface area contributed by atoms with E-state index in [0.717, 1.165) is 25.8 Å². The van der Waals surface area contributed by atoms with Gasteiger partial charge in [-0.2, -0.15) is 0 Å². The molecule has 1 aromatic carbocycles. The zero-order valence-corrected chi connectivity index (χ0v) is 11.4. The molecule has 3 rings (SSSR count). The van der Waals surface area contributed by atoms with E-state index >= 15 is 0 Å². The Balaban J connectivity index is 1.67. The van der Waals surface area contributed by atoms with Gasteiger partial charge < -0.3 is 10.0 Å². The highest BCUT2D eigenvalue weighted by atomic mass is 16.3. The molecule has 1 N–H and O–H groups in total. The van der Waals surface area contributed by atoms with E-state index in [4.69, 9.17) is 0 Å². The minimum atomic E-state index is -0.360. The van der Waals surface area contributed by atoms with Gasteiger partial charge in [-0.05, 0) is 36.3 Å². The van der Waals surface area contributed by atoms with Gasteiger partial charge in [0.25, 0.3) is 0 Å². The lowest BCUT2D eigenvalue weighted by molar-refractivity contribution is -0.139. The maximum Gasteiger partial charge on any atom is 0.226 e. The number of piperidine rings is 1. The first-order valence-corrected chi connectivity index (χ1v) is 7.19. The van der Waals surface area contributed by atoms with Crippen LogP contribution in [0.25, 0.3) is 0 Å². The van der Waals surface area contributed by atoms with E-state index in [0.29, 0.717) is 12.5 Å². The number of nitrogens with zero attached hydrogens (tertiary/aromatic N) is 1. The van der Waals surface area contributed by atoms with Gasteiger partial charge in [-0.1, -0.05) is 31.2 Å². The summed E-state index contributed by atoms with van der Waals surface area (Å²) in [6.07, 6.45) is 2.27. The van der Waals surface area contributed by atoms with Crippen molar-refractivity contribution in [1.29, 1.82) is 0 Å². The summed E-state index contributed by atoms with van der Waals surface area (Å²) in [5.74, 6) is 0.616. The lowest BCUT2D eigenvalue weighted by atomic mass is 9.94. The normalized spacial score (nSPS) is 27.4. The number of β-amino-alcohol motifs (C(OH)–C–C–N with tert-alkyl or cyclic N) is 1. The fourth-order valence-corrected chi connectivity index (χ4v) is 3.24. The Morgan fingerprint density at radius 1 is 1.26 bits per heavy atom. The predicted octanol–water partition coefficient (Wildman–Crippen LogP) is 1.63. The lowest BCUT2D eigenvalue weighted by Gasteiger charge is -2.35. The van der Waals surface area contributed by atoms with E-state index in [2.05, 4.69) is 19.1 Å². The minimum Gasteiger partial charge on any atom is -0.391 e. The van der Waals surface area contributed by atoms with Gasteiger partial charge in [-0.25, -0.2) is 0 Å². The van der Waals surface area contributed by atoms with Crippen molar-refractivity contribution in [3.63, 3.8) is 0 Å². The Morgan fingerprint density at radius 2 is 1.89 bits per heavy atom. The Morgan fingerprint density at radius 3 is 2.47 bits per heavy atom. The Hall–Kier alpha value is -1.35. The van der Waals surface area contributed by atoms with Crippen LogP contribution in [0.2, 0.25) is 0 Å². The summed E-state index contributed by atoms with van der Waals surface area (Å²) in [6.45, 7) is 3.36. The van der Waals surface area contributed by atoms with Crippen molar-refractivity contribution in [1.82, 2.24) is 4.90 Å². The Kier molecular flexibility index (Phi) is 3.31. The minimum absolute atomic E-state index is 0.0815. The summed E-state index contributed by atoms with van der Waals surface area (Å²) in [5.41, 5.74) is 2.62. The van der Waals surface area contributed by atoms with Crippen molar-refractivity contribution < 1.29 is 9.90 Å². The first kappa shape index (κ1) is 12.7. The van der Waals surface area contributed by atoms with Gasteiger partial charge in [0.2, 0.25) is 5.91 Å². The smallest absolute Gasteiger partial charge is 0.226 e. The van der Waals surface area contributed by atoms with Gasteiger partial charge in [-0.15, -0.1) is 0 Å². The predicted molar refractivity (Wildman–Crippen MR) is 73.7 cm³/mol. The summed E-state index contributed by atoms with van der Waals surface area (Å²) in [4.78, 5) is 14.4. The molecule has 0 aromatic heterocycles. The number of aliphatic hydroxyl groups excluding tert-OH is 1. The summed E-state index contributed by atoms with van der Waals surface area (Å²) in [6, 6.07) is 8.32. The number of aliphatic hydroxyl groups is 1. The van der Waals surface area contributed by atoms with E-state index < -0.39 is 0 Å². The highest BCUT2D eigenvalue weighted by Gasteiger charge is 2.34. The highest BCUT2D eigenvalue weighted by molar-refractivity contribution is 5.80. The van der Waals surface area contributed by atoms with Crippen molar-refractivity contribution in [2.75, 3.05) is 13.1 Å². The summed E-state index contributed by atoms with van der Waals surface area (Å²) in [5, 5.41) is 9.92. The van der Waals surface area contributed by atoms with E-state index in [1.54, 1.807) is 0 Å². The second-order valence-electron chi connectivity index (χ2n) is 5.99. The van der Waals surface area contributed by atoms with Crippen LogP contribution in [0.4, 0.5) is 0 Å². The molecule has 102 valence electrons. The van der Waals surface area contributed by atoms with Gasteiger partial charge in [-0.3, -0.25) is 4.79 Å². The monoisotopic (exact) mass is 259 g/mol. The lowest BCUT2D eigenvalue weighted by Crippen LogP contribution is -2.48. The van der Waals surface area contributed by atoms with Crippen LogP contribution in [0.1, 0.15) is 24.5 Å². The molecule has 1 aliphatic carbocycles. The molecule has 0 spiro atoms. The number of rotatable bonds is 1. The van der Waals surface area contributed by atoms with Crippen LogP contribution in [-0.4, -0.2) is 35.1 Å². The molecule has 1 aliphatic heterocycles. The van der Waals surface area contributed by atoms with Gasteiger partial charge >= 0.3 is 0 Å². The number of hydrogen-bond acceptors (Lipinski definition) is 2. The van der Waals surface area contributed by atoms with Crippen molar-refractivity contribution in [2.45, 2.75) is 32.3 Å². The first-order chi connectivity index (χ1) is 9.15. The molecule has 1 aromatic rings. The largest absolute Gasteiger partial charge is 0.391 e. The Bertz CT molecular complexity index is 460. The summed E-state index contributed by atoms with van der Waals surface area (Å²) < 4.78 is 0. The second kappa shape index (κ2) is 4.97. The highest BCUT2D eigenvalue weighted by Crippen LogP contribution is 2.29. The SMILES string of the molecule is CC1CCN(C(=O)C2Cc3ccccc3C2)CC1O. The quantitative estimate of drug-likeness (QED) is 0.833. The number of likely N-dealkylation sites (tertiary alicyclic amines) is 1. The van der Waals surface area contributed by atoms with Crippen LogP contribution in [0.5, 0.6) is 0 Å². The average Bonchev–Trinajstić information content (AvgIpc) is 2.85. The van der Waals surface area contributed by atoms with Crippen LogP contribution in [0.3, 0.4) is 0 Å². The number of fused-ring (bicyclic) bond motifs is 1. The first-order valence-electron chi connectivity index (χ1n) is 7.19. The van der Waals surface area contributed by atoms with E-state index in [-0.39, 0.29) is 17.9 Å². The van der Waals surface area contributed by atoms with Crippen LogP contribution < -0.4 is 0 Å². The number of benzene rings is 1. The van der Waals surface area contributed by atoms with Crippen LogP contribution in [0.15, 0.2) is 24.3 Å². The fraction of sp³-hybridized carbons (Fsp3) is 0.562. The molecule has 0 saturated carbocycles. The molecule has 2 atom stereocenters. The number of carbonyl (C=O) groups is 1. The molecule has 1 saturated heterocycles.